The summed E-state index contributed by atoms with van der Waals surface area (Å²) in [6.07, 6.45) is 3.83. The minimum Gasteiger partial charge on any atom is -0.449 e. The van der Waals surface area contributed by atoms with Crippen molar-refractivity contribution < 1.29 is 18.7 Å². The van der Waals surface area contributed by atoms with Crippen LogP contribution in [-0.2, 0) is 14.3 Å². The number of ether oxygens (including phenoxy) is 1. The van der Waals surface area contributed by atoms with E-state index in [0.29, 0.717) is 30.0 Å². The third kappa shape index (κ3) is 4.42. The van der Waals surface area contributed by atoms with Gasteiger partial charge >= 0.3 is 5.97 Å². The molecule has 148 valence electrons. The molecule has 2 heterocycles. The Hall–Kier alpha value is -2.67. The first-order chi connectivity index (χ1) is 13.4. The predicted octanol–water partition coefficient (Wildman–Crippen LogP) is 3.54. The van der Waals surface area contributed by atoms with Gasteiger partial charge in [0, 0.05) is 24.7 Å². The molecular weight excluding hydrogens is 385 g/mol. The van der Waals surface area contributed by atoms with Crippen LogP contribution in [0.4, 0.5) is 4.39 Å². The van der Waals surface area contributed by atoms with Gasteiger partial charge in [-0.3, -0.25) is 4.79 Å². The first-order valence-corrected chi connectivity index (χ1v) is 9.43. The van der Waals surface area contributed by atoms with Crippen LogP contribution in [0, 0.1) is 12.7 Å². The zero-order valence-electron chi connectivity index (χ0n) is 15.7. The molecule has 28 heavy (non-hydrogen) atoms. The van der Waals surface area contributed by atoms with E-state index in [1.807, 2.05) is 0 Å². The molecule has 0 spiro atoms. The number of carbonyl (C=O) groups excluding carboxylic acids is 2. The standard InChI is InChI=1S/C20H21ClFN3O3/c1-13-17(19(21)25(23-13)16-7-5-15(22)6-8-16)9-10-18(26)28-14(2)20(27)24-11-3-4-12-24/h5-10,14H,3-4,11-12H2,1-2H3/b10-9+/t14-/m1/s1. The minimum absolute atomic E-state index is 0.183. The maximum absolute atomic E-state index is 13.1. The summed E-state index contributed by atoms with van der Waals surface area (Å²) in [5.41, 5.74) is 1.74. The number of amides is 1. The molecule has 1 amide bonds. The molecule has 0 aliphatic carbocycles. The number of benzene rings is 1. The lowest BCUT2D eigenvalue weighted by Crippen LogP contribution is -2.37. The number of aromatic nitrogens is 2. The maximum atomic E-state index is 13.1. The molecule has 0 saturated carbocycles. The Morgan fingerprint density at radius 3 is 2.54 bits per heavy atom. The molecule has 6 nitrogen and oxygen atoms in total. The Morgan fingerprint density at radius 2 is 1.89 bits per heavy atom. The van der Waals surface area contributed by atoms with Gasteiger partial charge < -0.3 is 9.64 Å². The van der Waals surface area contributed by atoms with Crippen LogP contribution < -0.4 is 0 Å². The van der Waals surface area contributed by atoms with E-state index in [-0.39, 0.29) is 16.9 Å². The van der Waals surface area contributed by atoms with Gasteiger partial charge in [-0.25, -0.2) is 13.9 Å². The Bertz CT molecular complexity index is 902. The van der Waals surface area contributed by atoms with Gasteiger partial charge in [0.15, 0.2) is 6.10 Å². The van der Waals surface area contributed by atoms with E-state index >= 15 is 0 Å². The van der Waals surface area contributed by atoms with Gasteiger partial charge in [0.1, 0.15) is 11.0 Å². The van der Waals surface area contributed by atoms with Crippen molar-refractivity contribution in [3.63, 3.8) is 0 Å². The number of esters is 1. The average Bonchev–Trinajstić information content (AvgIpc) is 3.29. The second-order valence-electron chi connectivity index (χ2n) is 6.62. The molecule has 0 N–H and O–H groups in total. The summed E-state index contributed by atoms with van der Waals surface area (Å²) in [6, 6.07) is 5.74. The molecule has 1 atom stereocenters. The van der Waals surface area contributed by atoms with Crippen molar-refractivity contribution in [3.05, 3.63) is 52.6 Å². The summed E-state index contributed by atoms with van der Waals surface area (Å²) in [5.74, 6) is -1.17. The number of nitrogens with zero attached hydrogens (tertiary/aromatic N) is 3. The number of hydrogen-bond acceptors (Lipinski definition) is 4. The highest BCUT2D eigenvalue weighted by Gasteiger charge is 2.25. The smallest absolute Gasteiger partial charge is 0.331 e. The van der Waals surface area contributed by atoms with E-state index in [2.05, 4.69) is 5.10 Å². The molecule has 1 saturated heterocycles. The summed E-state index contributed by atoms with van der Waals surface area (Å²) < 4.78 is 19.8. The third-order valence-electron chi connectivity index (χ3n) is 4.56. The molecule has 0 radical (unpaired) electrons. The largest absolute Gasteiger partial charge is 0.449 e. The van der Waals surface area contributed by atoms with Crippen molar-refractivity contribution in [1.29, 1.82) is 0 Å². The van der Waals surface area contributed by atoms with Crippen LogP contribution >= 0.6 is 11.6 Å². The van der Waals surface area contributed by atoms with Gasteiger partial charge in [-0.15, -0.1) is 0 Å². The fraction of sp³-hybridized carbons (Fsp3) is 0.350. The molecule has 1 aromatic heterocycles. The second-order valence-corrected chi connectivity index (χ2v) is 6.98. The summed E-state index contributed by atoms with van der Waals surface area (Å²) in [4.78, 5) is 26.0. The van der Waals surface area contributed by atoms with Crippen LogP contribution in [-0.4, -0.2) is 45.8 Å². The SMILES string of the molecule is Cc1nn(-c2ccc(F)cc2)c(Cl)c1/C=C/C(=O)O[C@H](C)C(=O)N1CCCC1. The average molecular weight is 406 g/mol. The first kappa shape index (κ1) is 20.1. The van der Waals surface area contributed by atoms with E-state index < -0.39 is 12.1 Å². The Balaban J connectivity index is 1.69. The first-order valence-electron chi connectivity index (χ1n) is 9.05. The second kappa shape index (κ2) is 8.56. The number of carbonyl (C=O) groups is 2. The molecule has 1 aliphatic rings. The Labute approximate surface area is 167 Å². The van der Waals surface area contributed by atoms with Crippen LogP contribution in [0.15, 0.2) is 30.3 Å². The molecule has 3 rings (SSSR count). The van der Waals surface area contributed by atoms with Gasteiger partial charge in [0.25, 0.3) is 5.91 Å². The normalized spacial score (nSPS) is 15.2. The molecule has 0 unspecified atom stereocenters. The highest BCUT2D eigenvalue weighted by molar-refractivity contribution is 6.31. The molecule has 1 aliphatic heterocycles. The molecule has 1 aromatic carbocycles. The van der Waals surface area contributed by atoms with Gasteiger partial charge in [-0.2, -0.15) is 5.10 Å². The van der Waals surface area contributed by atoms with Crippen molar-refractivity contribution in [3.8, 4) is 5.69 Å². The monoisotopic (exact) mass is 405 g/mol. The fourth-order valence-corrected chi connectivity index (χ4v) is 3.40. The Morgan fingerprint density at radius 1 is 1.25 bits per heavy atom. The third-order valence-corrected chi connectivity index (χ3v) is 4.93. The maximum Gasteiger partial charge on any atom is 0.331 e. The van der Waals surface area contributed by atoms with Crippen molar-refractivity contribution in [2.45, 2.75) is 32.8 Å². The van der Waals surface area contributed by atoms with Crippen LogP contribution in [0.3, 0.4) is 0 Å². The highest BCUT2D eigenvalue weighted by atomic mass is 35.5. The number of likely N-dealkylation sites (tertiary alicyclic amines) is 1. The summed E-state index contributed by atoms with van der Waals surface area (Å²) in [5, 5.41) is 4.61. The van der Waals surface area contributed by atoms with E-state index in [9.17, 15) is 14.0 Å². The fourth-order valence-electron chi connectivity index (χ4n) is 3.06. The predicted molar refractivity (Wildman–Crippen MR) is 104 cm³/mol. The van der Waals surface area contributed by atoms with Crippen LogP contribution in [0.25, 0.3) is 11.8 Å². The minimum atomic E-state index is -0.839. The lowest BCUT2D eigenvalue weighted by molar-refractivity contribution is -0.154. The van der Waals surface area contributed by atoms with Crippen molar-refractivity contribution in [2.75, 3.05) is 13.1 Å². The van der Waals surface area contributed by atoms with E-state index in [1.165, 1.54) is 29.0 Å². The number of rotatable bonds is 5. The van der Waals surface area contributed by atoms with Crippen molar-refractivity contribution >= 4 is 29.6 Å². The molecule has 2 aromatic rings. The highest BCUT2D eigenvalue weighted by Crippen LogP contribution is 2.25. The van der Waals surface area contributed by atoms with Crippen molar-refractivity contribution in [1.82, 2.24) is 14.7 Å². The number of hydrogen-bond donors (Lipinski definition) is 0. The zero-order valence-corrected chi connectivity index (χ0v) is 16.4. The van der Waals surface area contributed by atoms with Gasteiger partial charge in [0.2, 0.25) is 0 Å². The van der Waals surface area contributed by atoms with Gasteiger partial charge in [-0.1, -0.05) is 11.6 Å². The van der Waals surface area contributed by atoms with Crippen LogP contribution in [0.5, 0.6) is 0 Å². The lowest BCUT2D eigenvalue weighted by atomic mass is 10.2. The van der Waals surface area contributed by atoms with Gasteiger partial charge in [-0.05, 0) is 57.0 Å². The van der Waals surface area contributed by atoms with Crippen LogP contribution in [0.1, 0.15) is 31.0 Å². The summed E-state index contributed by atoms with van der Waals surface area (Å²) in [6.45, 7) is 4.72. The Kier molecular flexibility index (Phi) is 6.14. The number of aryl methyl sites for hydroxylation is 1. The molecule has 1 fully saturated rings. The molecular formula is C20H21ClFN3O3. The number of halogens is 2. The van der Waals surface area contributed by atoms with E-state index in [0.717, 1.165) is 12.8 Å². The summed E-state index contributed by atoms with van der Waals surface area (Å²) in [7, 11) is 0. The topological polar surface area (TPSA) is 64.4 Å². The summed E-state index contributed by atoms with van der Waals surface area (Å²) >= 11 is 6.37. The van der Waals surface area contributed by atoms with Crippen molar-refractivity contribution in [2.24, 2.45) is 0 Å². The molecule has 0 bridgehead atoms. The lowest BCUT2D eigenvalue weighted by Gasteiger charge is -2.19. The van der Waals surface area contributed by atoms with Gasteiger partial charge in [0.05, 0.1) is 11.4 Å². The van der Waals surface area contributed by atoms with E-state index in [4.69, 9.17) is 16.3 Å². The van der Waals surface area contributed by atoms with E-state index in [1.54, 1.807) is 30.9 Å². The quantitative estimate of drug-likeness (QED) is 0.563. The molecule has 8 heteroatoms. The van der Waals surface area contributed by atoms with Crippen LogP contribution in [0.2, 0.25) is 5.15 Å². The zero-order chi connectivity index (χ0) is 20.3.